The number of rotatable bonds is 6. The third-order valence-electron chi connectivity index (χ3n) is 8.17. The average molecular weight is 516 g/mol. The molecule has 3 aliphatic rings. The lowest BCUT2D eigenvalue weighted by Crippen LogP contribution is -2.58. The van der Waals surface area contributed by atoms with E-state index in [9.17, 15) is 13.2 Å². The molecule has 0 aliphatic carbocycles. The van der Waals surface area contributed by atoms with Crippen LogP contribution < -0.4 is 10.2 Å². The van der Waals surface area contributed by atoms with Crippen molar-refractivity contribution in [2.24, 2.45) is 5.92 Å². The Hall–Kier alpha value is -2.71. The topological polar surface area (TPSA) is 37.0 Å². The van der Waals surface area contributed by atoms with Crippen molar-refractivity contribution in [2.75, 3.05) is 26.3 Å². The molecule has 5 nitrogen and oxygen atoms in total. The van der Waals surface area contributed by atoms with E-state index in [2.05, 4.69) is 55.3 Å². The molecule has 2 fully saturated rings. The zero-order chi connectivity index (χ0) is 26.2. The van der Waals surface area contributed by atoms with Gasteiger partial charge in [-0.05, 0) is 68.5 Å². The predicted molar refractivity (Wildman–Crippen MR) is 137 cm³/mol. The number of hydroxylamine groups is 2. The summed E-state index contributed by atoms with van der Waals surface area (Å²) in [5.74, 6) is 1.37. The van der Waals surface area contributed by atoms with Crippen molar-refractivity contribution in [1.82, 2.24) is 15.3 Å². The molecule has 3 aliphatic heterocycles. The van der Waals surface area contributed by atoms with Gasteiger partial charge in [-0.1, -0.05) is 43.3 Å². The van der Waals surface area contributed by atoms with Gasteiger partial charge < -0.3 is 14.9 Å². The molecular weight excluding hydrogens is 479 g/mol. The fourth-order valence-corrected chi connectivity index (χ4v) is 5.86. The summed E-state index contributed by atoms with van der Waals surface area (Å²) in [5.41, 5.74) is 1.65. The zero-order valence-electron chi connectivity index (χ0n) is 21.7. The van der Waals surface area contributed by atoms with Crippen LogP contribution in [0.3, 0.4) is 0 Å². The highest BCUT2D eigenvalue weighted by Gasteiger charge is 2.41. The number of ether oxygens (including phenoxy) is 1. The molecule has 2 aromatic rings. The minimum absolute atomic E-state index is 0.0781. The van der Waals surface area contributed by atoms with Gasteiger partial charge in [-0.2, -0.15) is 18.2 Å². The van der Waals surface area contributed by atoms with Crippen molar-refractivity contribution < 1.29 is 22.7 Å². The molecule has 8 heteroatoms. The molecule has 0 aromatic heterocycles. The first-order chi connectivity index (χ1) is 17.7. The Kier molecular flexibility index (Phi) is 7.41. The van der Waals surface area contributed by atoms with E-state index < -0.39 is 11.7 Å². The van der Waals surface area contributed by atoms with Gasteiger partial charge in [-0.3, -0.25) is 4.90 Å². The second-order valence-corrected chi connectivity index (χ2v) is 10.6. The highest BCUT2D eigenvalue weighted by Crippen LogP contribution is 2.42. The van der Waals surface area contributed by atoms with Crippen molar-refractivity contribution >= 4 is 0 Å². The van der Waals surface area contributed by atoms with Crippen LogP contribution in [0.4, 0.5) is 13.2 Å². The number of alkyl halides is 3. The maximum absolute atomic E-state index is 13.4. The lowest BCUT2D eigenvalue weighted by Gasteiger charge is -2.47. The van der Waals surface area contributed by atoms with Gasteiger partial charge in [0, 0.05) is 18.5 Å². The molecule has 1 N–H and O–H groups in total. The van der Waals surface area contributed by atoms with Crippen LogP contribution in [0.15, 0.2) is 66.0 Å². The Morgan fingerprint density at radius 2 is 1.78 bits per heavy atom. The summed E-state index contributed by atoms with van der Waals surface area (Å²) in [6, 6.07) is 16.2. The second kappa shape index (κ2) is 10.6. The summed E-state index contributed by atoms with van der Waals surface area (Å²) < 4.78 is 45.6. The Morgan fingerprint density at radius 1 is 1.03 bits per heavy atom. The quantitative estimate of drug-likeness (QED) is 0.526. The van der Waals surface area contributed by atoms with Crippen molar-refractivity contribution in [3.63, 3.8) is 0 Å². The molecular formula is C29H36F3N3O2. The maximum Gasteiger partial charge on any atom is 0.416 e. The summed E-state index contributed by atoms with van der Waals surface area (Å²) in [7, 11) is 0. The monoisotopic (exact) mass is 515 g/mol. The van der Waals surface area contributed by atoms with Gasteiger partial charge in [0.25, 0.3) is 0 Å². The van der Waals surface area contributed by atoms with E-state index in [1.165, 1.54) is 11.6 Å². The number of nitrogens with zero attached hydrogens (tertiary/aromatic N) is 2. The van der Waals surface area contributed by atoms with Crippen molar-refractivity contribution in [2.45, 2.75) is 63.8 Å². The molecule has 3 heterocycles. The van der Waals surface area contributed by atoms with Gasteiger partial charge in [-0.15, -0.1) is 0 Å². The minimum Gasteiger partial charge on any atom is -0.378 e. The standard InChI is InChI=1S/C29H36F3N3O2/c1-19-21(3)35(37-26-13-7-11-23(15-26)29(30,31)32)28(20(2)27(19)22-9-5-4-6-10-22)33-24-12-8-14-34(16-24)25-17-36-18-25/h4-7,9-11,13,15,19,21,24-25,27,33H,8,12,14,16-18H2,1-3H3/t19?,21?,24-,27?/m1/s1. The van der Waals surface area contributed by atoms with E-state index in [0.717, 1.165) is 62.7 Å². The number of hydrogen-bond donors (Lipinski definition) is 1. The van der Waals surface area contributed by atoms with Gasteiger partial charge in [0.2, 0.25) is 0 Å². The number of nitrogens with one attached hydrogen (secondary N) is 1. The molecule has 5 rings (SSSR count). The highest BCUT2D eigenvalue weighted by atomic mass is 19.4. The summed E-state index contributed by atoms with van der Waals surface area (Å²) in [5, 5.41) is 5.59. The van der Waals surface area contributed by atoms with Crippen LogP contribution in [0.1, 0.15) is 50.7 Å². The predicted octanol–water partition coefficient (Wildman–Crippen LogP) is 5.81. The van der Waals surface area contributed by atoms with E-state index in [1.807, 2.05) is 6.07 Å². The van der Waals surface area contributed by atoms with E-state index in [-0.39, 0.29) is 29.7 Å². The van der Waals surface area contributed by atoms with Gasteiger partial charge in [-0.25, -0.2) is 0 Å². The van der Waals surface area contributed by atoms with Crippen molar-refractivity contribution in [3.8, 4) is 5.75 Å². The minimum atomic E-state index is -4.43. The van der Waals surface area contributed by atoms with Crippen LogP contribution >= 0.6 is 0 Å². The third kappa shape index (κ3) is 5.46. The van der Waals surface area contributed by atoms with Gasteiger partial charge in [0.15, 0.2) is 5.75 Å². The van der Waals surface area contributed by atoms with Crippen molar-refractivity contribution in [3.05, 3.63) is 77.1 Å². The number of likely N-dealkylation sites (tertiary alicyclic amines) is 1. The molecule has 0 saturated carbocycles. The Morgan fingerprint density at radius 3 is 2.46 bits per heavy atom. The summed E-state index contributed by atoms with van der Waals surface area (Å²) in [4.78, 5) is 8.76. The maximum atomic E-state index is 13.4. The van der Waals surface area contributed by atoms with E-state index in [1.54, 1.807) is 11.1 Å². The normalized spacial score (nSPS) is 27.7. The highest BCUT2D eigenvalue weighted by molar-refractivity contribution is 5.35. The van der Waals surface area contributed by atoms with Crippen LogP contribution in [0.5, 0.6) is 5.75 Å². The first kappa shape index (κ1) is 25.9. The van der Waals surface area contributed by atoms with Gasteiger partial charge in [0.05, 0.1) is 30.9 Å². The van der Waals surface area contributed by atoms with Crippen LogP contribution in [-0.4, -0.2) is 54.4 Å². The molecule has 0 amide bonds. The number of halogens is 3. The van der Waals surface area contributed by atoms with Crippen molar-refractivity contribution in [1.29, 1.82) is 0 Å². The first-order valence-electron chi connectivity index (χ1n) is 13.2. The first-order valence-corrected chi connectivity index (χ1v) is 13.2. The number of hydrogen-bond acceptors (Lipinski definition) is 5. The Bertz CT molecular complexity index is 1100. The van der Waals surface area contributed by atoms with Crippen LogP contribution in [-0.2, 0) is 10.9 Å². The summed E-state index contributed by atoms with van der Waals surface area (Å²) in [6.45, 7) is 9.92. The molecule has 2 saturated heterocycles. The molecule has 3 unspecified atom stereocenters. The molecule has 0 bridgehead atoms. The number of allylic oxidation sites excluding steroid dienone is 1. The lowest BCUT2D eigenvalue weighted by atomic mass is 9.76. The smallest absolute Gasteiger partial charge is 0.378 e. The molecule has 37 heavy (non-hydrogen) atoms. The second-order valence-electron chi connectivity index (χ2n) is 10.6. The zero-order valence-corrected chi connectivity index (χ0v) is 21.7. The molecule has 4 atom stereocenters. The van der Waals surface area contributed by atoms with E-state index >= 15 is 0 Å². The van der Waals surface area contributed by atoms with Crippen LogP contribution in [0, 0.1) is 5.92 Å². The Balaban J connectivity index is 1.47. The molecule has 0 radical (unpaired) electrons. The fourth-order valence-electron chi connectivity index (χ4n) is 5.86. The largest absolute Gasteiger partial charge is 0.416 e. The fraction of sp³-hybridized carbons (Fsp3) is 0.517. The molecule has 200 valence electrons. The third-order valence-corrected chi connectivity index (χ3v) is 8.17. The van der Waals surface area contributed by atoms with Gasteiger partial charge >= 0.3 is 6.18 Å². The van der Waals surface area contributed by atoms with E-state index in [4.69, 9.17) is 9.57 Å². The SMILES string of the molecule is CC1=C(N[C@@H]2CCCN(C3COC3)C2)N(Oc2cccc(C(F)(F)F)c2)C(C)C(C)C1c1ccccc1. The molecule has 2 aromatic carbocycles. The van der Waals surface area contributed by atoms with Crippen LogP contribution in [0.25, 0.3) is 0 Å². The van der Waals surface area contributed by atoms with Crippen LogP contribution in [0.2, 0.25) is 0 Å². The number of piperidine rings is 1. The van der Waals surface area contributed by atoms with Gasteiger partial charge in [0.1, 0.15) is 5.82 Å². The Labute approximate surface area is 217 Å². The summed E-state index contributed by atoms with van der Waals surface area (Å²) in [6.07, 6.45) is -2.32. The molecule has 0 spiro atoms. The summed E-state index contributed by atoms with van der Waals surface area (Å²) >= 11 is 0. The van der Waals surface area contributed by atoms with E-state index in [0.29, 0.717) is 6.04 Å². The average Bonchev–Trinajstić information content (AvgIpc) is 2.84. The lowest BCUT2D eigenvalue weighted by molar-refractivity contribution is -0.138. The number of benzene rings is 2.